The number of anilines is 1. The molecular weight excluding hydrogens is 225 g/mol. The van der Waals surface area contributed by atoms with Crippen LogP contribution in [0, 0.1) is 12.7 Å². The first-order chi connectivity index (χ1) is 8.08. The molecule has 0 saturated carbocycles. The molecule has 0 aliphatic heterocycles. The molecule has 88 valence electrons. The summed E-state index contributed by atoms with van der Waals surface area (Å²) in [4.78, 5) is 11.7. The van der Waals surface area contributed by atoms with Crippen LogP contribution in [0.15, 0.2) is 24.4 Å². The lowest BCUT2D eigenvalue weighted by molar-refractivity contribution is 0.102. The average Bonchev–Trinajstić information content (AvgIpc) is 2.68. The lowest BCUT2D eigenvalue weighted by Crippen LogP contribution is -2.13. The molecular formula is C11H10FN3O2. The molecule has 0 spiro atoms. The number of aromatic amines is 1. The Labute approximate surface area is 96.3 Å². The topological polar surface area (TPSA) is 78.0 Å². The van der Waals surface area contributed by atoms with Gasteiger partial charge in [-0.3, -0.25) is 9.89 Å². The van der Waals surface area contributed by atoms with E-state index in [9.17, 15) is 9.18 Å². The van der Waals surface area contributed by atoms with Crippen molar-refractivity contribution in [2.75, 3.05) is 5.32 Å². The highest BCUT2D eigenvalue weighted by Crippen LogP contribution is 2.20. The van der Waals surface area contributed by atoms with Gasteiger partial charge in [0.15, 0.2) is 0 Å². The molecule has 6 heteroatoms. The van der Waals surface area contributed by atoms with Gasteiger partial charge in [-0.2, -0.15) is 5.10 Å². The van der Waals surface area contributed by atoms with Gasteiger partial charge in [-0.25, -0.2) is 4.39 Å². The number of aromatic hydroxyl groups is 1. The first-order valence-electron chi connectivity index (χ1n) is 4.88. The number of amides is 1. The van der Waals surface area contributed by atoms with Crippen LogP contribution in [0.5, 0.6) is 5.75 Å². The fourth-order valence-corrected chi connectivity index (χ4v) is 1.37. The molecule has 3 N–H and O–H groups in total. The largest absolute Gasteiger partial charge is 0.508 e. The molecule has 0 fully saturated rings. The van der Waals surface area contributed by atoms with Crippen molar-refractivity contribution in [3.05, 3.63) is 41.5 Å². The zero-order chi connectivity index (χ0) is 12.4. The van der Waals surface area contributed by atoms with Crippen molar-refractivity contribution in [1.29, 1.82) is 0 Å². The highest BCUT2D eigenvalue weighted by atomic mass is 19.1. The number of phenolic OH excluding ortho intramolecular Hbond substituents is 1. The number of benzene rings is 1. The van der Waals surface area contributed by atoms with Gasteiger partial charge in [0.1, 0.15) is 11.6 Å². The van der Waals surface area contributed by atoms with Gasteiger partial charge in [-0.15, -0.1) is 0 Å². The summed E-state index contributed by atoms with van der Waals surface area (Å²) < 4.78 is 13.4. The first kappa shape index (κ1) is 11.1. The zero-order valence-corrected chi connectivity index (χ0v) is 8.99. The van der Waals surface area contributed by atoms with Crippen LogP contribution in [0.25, 0.3) is 0 Å². The van der Waals surface area contributed by atoms with E-state index in [0.29, 0.717) is 11.3 Å². The number of rotatable bonds is 2. The van der Waals surface area contributed by atoms with E-state index in [1.165, 1.54) is 18.3 Å². The predicted octanol–water partition coefficient (Wildman–Crippen LogP) is 1.82. The van der Waals surface area contributed by atoms with Crippen LogP contribution in [-0.4, -0.2) is 21.2 Å². The molecule has 0 aliphatic rings. The van der Waals surface area contributed by atoms with Crippen LogP contribution >= 0.6 is 0 Å². The molecule has 5 nitrogen and oxygen atoms in total. The van der Waals surface area contributed by atoms with Gasteiger partial charge < -0.3 is 10.4 Å². The summed E-state index contributed by atoms with van der Waals surface area (Å²) >= 11 is 0. The fraction of sp³-hybridized carbons (Fsp3) is 0.0909. The number of carbonyl (C=O) groups is 1. The Morgan fingerprint density at radius 3 is 2.88 bits per heavy atom. The molecule has 17 heavy (non-hydrogen) atoms. The van der Waals surface area contributed by atoms with Gasteiger partial charge in [0.2, 0.25) is 0 Å². The number of hydrogen-bond donors (Lipinski definition) is 3. The maximum atomic E-state index is 13.4. The number of aryl methyl sites for hydroxylation is 1. The lowest BCUT2D eigenvalue weighted by atomic mass is 10.2. The Morgan fingerprint density at radius 2 is 2.29 bits per heavy atom. The Morgan fingerprint density at radius 1 is 1.53 bits per heavy atom. The van der Waals surface area contributed by atoms with Crippen molar-refractivity contribution in [2.45, 2.75) is 6.92 Å². The Bertz CT molecular complexity index is 566. The van der Waals surface area contributed by atoms with E-state index in [-0.39, 0.29) is 11.4 Å². The van der Waals surface area contributed by atoms with Crippen molar-refractivity contribution in [3.8, 4) is 5.75 Å². The van der Waals surface area contributed by atoms with Crippen molar-refractivity contribution < 1.29 is 14.3 Å². The second-order valence-corrected chi connectivity index (χ2v) is 3.53. The van der Waals surface area contributed by atoms with Crippen molar-refractivity contribution in [3.63, 3.8) is 0 Å². The van der Waals surface area contributed by atoms with E-state index in [1.807, 2.05) is 0 Å². The zero-order valence-electron chi connectivity index (χ0n) is 8.99. The SMILES string of the molecule is Cc1[nH]ncc1C(=O)Nc1ccc(O)cc1F. The Hall–Kier alpha value is -2.37. The number of carbonyl (C=O) groups excluding carboxylic acids is 1. The molecule has 0 bridgehead atoms. The second kappa shape index (κ2) is 4.25. The summed E-state index contributed by atoms with van der Waals surface area (Å²) in [5.41, 5.74) is 0.951. The van der Waals surface area contributed by atoms with Crippen molar-refractivity contribution >= 4 is 11.6 Å². The van der Waals surface area contributed by atoms with Gasteiger partial charge in [0, 0.05) is 11.8 Å². The third-order valence-electron chi connectivity index (χ3n) is 2.28. The number of nitrogens with one attached hydrogen (secondary N) is 2. The van der Waals surface area contributed by atoms with Gasteiger partial charge in [-0.1, -0.05) is 0 Å². The average molecular weight is 235 g/mol. The maximum Gasteiger partial charge on any atom is 0.259 e. The normalized spacial score (nSPS) is 10.2. The molecule has 2 rings (SSSR count). The van der Waals surface area contributed by atoms with Gasteiger partial charge in [0.25, 0.3) is 5.91 Å². The number of hydrogen-bond acceptors (Lipinski definition) is 3. The van der Waals surface area contributed by atoms with Crippen molar-refractivity contribution in [1.82, 2.24) is 10.2 Å². The lowest BCUT2D eigenvalue weighted by Gasteiger charge is -2.05. The number of aromatic nitrogens is 2. The van der Waals surface area contributed by atoms with E-state index in [0.717, 1.165) is 6.07 Å². The number of H-pyrrole nitrogens is 1. The molecule has 1 amide bonds. The van der Waals surface area contributed by atoms with Gasteiger partial charge in [0.05, 0.1) is 17.4 Å². The van der Waals surface area contributed by atoms with Crippen LogP contribution in [0.4, 0.5) is 10.1 Å². The molecule has 1 aromatic carbocycles. The van der Waals surface area contributed by atoms with Gasteiger partial charge >= 0.3 is 0 Å². The van der Waals surface area contributed by atoms with E-state index in [2.05, 4.69) is 15.5 Å². The molecule has 0 unspecified atom stereocenters. The summed E-state index contributed by atoms with van der Waals surface area (Å²) in [6.07, 6.45) is 1.36. The highest BCUT2D eigenvalue weighted by molar-refractivity contribution is 6.04. The smallest absolute Gasteiger partial charge is 0.259 e. The summed E-state index contributed by atoms with van der Waals surface area (Å²) in [6.45, 7) is 1.69. The van der Waals surface area contributed by atoms with Crippen LogP contribution in [-0.2, 0) is 0 Å². The van der Waals surface area contributed by atoms with Crippen LogP contribution in [0.2, 0.25) is 0 Å². The van der Waals surface area contributed by atoms with E-state index >= 15 is 0 Å². The molecule has 0 radical (unpaired) electrons. The third-order valence-corrected chi connectivity index (χ3v) is 2.28. The molecule has 2 aromatic rings. The first-order valence-corrected chi connectivity index (χ1v) is 4.88. The molecule has 0 saturated heterocycles. The molecule has 0 aliphatic carbocycles. The van der Waals surface area contributed by atoms with Crippen LogP contribution in [0.3, 0.4) is 0 Å². The number of halogens is 1. The summed E-state index contributed by atoms with van der Waals surface area (Å²) in [5, 5.41) is 17.7. The van der Waals surface area contributed by atoms with E-state index in [4.69, 9.17) is 5.11 Å². The minimum atomic E-state index is -0.695. The van der Waals surface area contributed by atoms with Crippen LogP contribution < -0.4 is 5.32 Å². The van der Waals surface area contributed by atoms with Crippen molar-refractivity contribution in [2.24, 2.45) is 0 Å². The standard InChI is InChI=1S/C11H10FN3O2/c1-6-8(5-13-15-6)11(17)14-10-3-2-7(16)4-9(10)12/h2-5,16H,1H3,(H,13,15)(H,14,17). The minimum absolute atomic E-state index is 0.00778. The summed E-state index contributed by atoms with van der Waals surface area (Å²) in [5.74, 6) is -1.35. The Balaban J connectivity index is 2.22. The van der Waals surface area contributed by atoms with E-state index in [1.54, 1.807) is 6.92 Å². The maximum absolute atomic E-state index is 13.4. The monoisotopic (exact) mass is 235 g/mol. The fourth-order valence-electron chi connectivity index (χ4n) is 1.37. The minimum Gasteiger partial charge on any atom is -0.508 e. The quantitative estimate of drug-likeness (QED) is 0.695. The predicted molar refractivity (Wildman–Crippen MR) is 59.3 cm³/mol. The Kier molecular flexibility index (Phi) is 2.78. The molecule has 1 heterocycles. The highest BCUT2D eigenvalue weighted by Gasteiger charge is 2.13. The second-order valence-electron chi connectivity index (χ2n) is 3.53. The third kappa shape index (κ3) is 2.25. The molecule has 1 aromatic heterocycles. The number of phenols is 1. The summed E-state index contributed by atoms with van der Waals surface area (Å²) in [7, 11) is 0. The number of nitrogens with zero attached hydrogens (tertiary/aromatic N) is 1. The van der Waals surface area contributed by atoms with E-state index < -0.39 is 11.7 Å². The van der Waals surface area contributed by atoms with Crippen LogP contribution in [0.1, 0.15) is 16.1 Å². The van der Waals surface area contributed by atoms with Gasteiger partial charge in [-0.05, 0) is 19.1 Å². The molecule has 0 atom stereocenters. The summed E-state index contributed by atoms with van der Waals surface area (Å²) in [6, 6.07) is 3.51.